The Morgan fingerprint density at radius 2 is 1.84 bits per heavy atom. The number of hydrogen-bond donors (Lipinski definition) is 1. The van der Waals surface area contributed by atoms with Crippen LogP contribution in [0.25, 0.3) is 0 Å². The Kier molecular flexibility index (Phi) is 5.25. The zero-order valence-corrected chi connectivity index (χ0v) is 12.6. The molecule has 1 unspecified atom stereocenters. The van der Waals surface area contributed by atoms with Crippen molar-refractivity contribution in [2.75, 3.05) is 7.05 Å². The van der Waals surface area contributed by atoms with E-state index in [1.165, 1.54) is 4.90 Å². The van der Waals surface area contributed by atoms with Gasteiger partial charge in [0, 0.05) is 27.1 Å². The SMILES string of the molecule is CCC(NC)c1ccc(Sc2ccc(Cl)cc2)cn1. The molecule has 0 amide bonds. The van der Waals surface area contributed by atoms with Crippen molar-refractivity contribution in [2.45, 2.75) is 29.2 Å². The first-order valence-corrected chi connectivity index (χ1v) is 7.49. The van der Waals surface area contributed by atoms with Gasteiger partial charge in [0.2, 0.25) is 0 Å². The molecule has 0 saturated heterocycles. The number of benzene rings is 1. The van der Waals surface area contributed by atoms with Gasteiger partial charge in [-0.3, -0.25) is 4.98 Å². The lowest BCUT2D eigenvalue weighted by Crippen LogP contribution is -2.16. The Labute approximate surface area is 123 Å². The fourth-order valence-electron chi connectivity index (χ4n) is 1.86. The van der Waals surface area contributed by atoms with Crippen LogP contribution in [-0.2, 0) is 0 Å². The summed E-state index contributed by atoms with van der Waals surface area (Å²) >= 11 is 7.56. The van der Waals surface area contributed by atoms with E-state index in [1.807, 2.05) is 37.5 Å². The second-order valence-electron chi connectivity index (χ2n) is 4.22. The van der Waals surface area contributed by atoms with E-state index >= 15 is 0 Å². The van der Waals surface area contributed by atoms with Gasteiger partial charge in [0.05, 0.1) is 5.69 Å². The molecule has 0 radical (unpaired) electrons. The maximum Gasteiger partial charge on any atom is 0.0573 e. The van der Waals surface area contributed by atoms with E-state index in [0.717, 1.165) is 22.0 Å². The van der Waals surface area contributed by atoms with Gasteiger partial charge in [0.1, 0.15) is 0 Å². The van der Waals surface area contributed by atoms with E-state index in [9.17, 15) is 0 Å². The third-order valence-corrected chi connectivity index (χ3v) is 4.16. The molecule has 1 N–H and O–H groups in total. The molecule has 1 aromatic heterocycles. The first kappa shape index (κ1) is 14.4. The third-order valence-electron chi connectivity index (χ3n) is 2.92. The van der Waals surface area contributed by atoms with Gasteiger partial charge in [-0.1, -0.05) is 30.3 Å². The van der Waals surface area contributed by atoms with Crippen molar-refractivity contribution in [3.63, 3.8) is 0 Å². The van der Waals surface area contributed by atoms with Crippen molar-refractivity contribution in [3.8, 4) is 0 Å². The maximum atomic E-state index is 5.87. The Balaban J connectivity index is 2.08. The van der Waals surface area contributed by atoms with Gasteiger partial charge in [-0.2, -0.15) is 0 Å². The van der Waals surface area contributed by atoms with Gasteiger partial charge in [0.25, 0.3) is 0 Å². The van der Waals surface area contributed by atoms with E-state index in [4.69, 9.17) is 11.6 Å². The molecule has 1 atom stereocenters. The molecule has 4 heteroatoms. The van der Waals surface area contributed by atoms with E-state index in [1.54, 1.807) is 11.8 Å². The lowest BCUT2D eigenvalue weighted by molar-refractivity contribution is 0.561. The van der Waals surface area contributed by atoms with Crippen molar-refractivity contribution in [3.05, 3.63) is 53.3 Å². The summed E-state index contributed by atoms with van der Waals surface area (Å²) < 4.78 is 0. The molecular weight excluding hydrogens is 276 g/mol. The monoisotopic (exact) mass is 292 g/mol. The minimum absolute atomic E-state index is 0.328. The average molecular weight is 293 g/mol. The summed E-state index contributed by atoms with van der Waals surface area (Å²) in [5.74, 6) is 0. The number of aromatic nitrogens is 1. The van der Waals surface area contributed by atoms with Gasteiger partial charge in [0.15, 0.2) is 0 Å². The van der Waals surface area contributed by atoms with Gasteiger partial charge in [-0.15, -0.1) is 0 Å². The van der Waals surface area contributed by atoms with Crippen LogP contribution in [0.1, 0.15) is 25.1 Å². The molecule has 1 heterocycles. The van der Waals surface area contributed by atoms with Crippen LogP contribution in [0.4, 0.5) is 0 Å². The Bertz CT molecular complexity index is 507. The predicted octanol–water partition coefficient (Wildman–Crippen LogP) is 4.56. The van der Waals surface area contributed by atoms with E-state index < -0.39 is 0 Å². The molecule has 0 aliphatic heterocycles. The van der Waals surface area contributed by atoms with E-state index in [2.05, 4.69) is 29.4 Å². The number of nitrogens with zero attached hydrogens (tertiary/aromatic N) is 1. The molecule has 100 valence electrons. The van der Waals surface area contributed by atoms with Crippen molar-refractivity contribution in [1.29, 1.82) is 0 Å². The molecule has 0 aliphatic carbocycles. The fourth-order valence-corrected chi connectivity index (χ4v) is 2.77. The highest BCUT2D eigenvalue weighted by molar-refractivity contribution is 7.99. The Hall–Kier alpha value is -1.03. The molecule has 0 bridgehead atoms. The fraction of sp³-hybridized carbons (Fsp3) is 0.267. The number of hydrogen-bond acceptors (Lipinski definition) is 3. The van der Waals surface area contributed by atoms with Gasteiger partial charge in [-0.05, 0) is 49.9 Å². The number of rotatable bonds is 5. The topological polar surface area (TPSA) is 24.9 Å². The minimum Gasteiger partial charge on any atom is -0.312 e. The summed E-state index contributed by atoms with van der Waals surface area (Å²) in [6.07, 6.45) is 2.96. The average Bonchev–Trinajstić information content (AvgIpc) is 2.44. The zero-order valence-electron chi connectivity index (χ0n) is 11.1. The van der Waals surface area contributed by atoms with Crippen LogP contribution >= 0.6 is 23.4 Å². The van der Waals surface area contributed by atoms with Gasteiger partial charge < -0.3 is 5.32 Å². The van der Waals surface area contributed by atoms with Crippen molar-refractivity contribution < 1.29 is 0 Å². The van der Waals surface area contributed by atoms with Crippen molar-refractivity contribution >= 4 is 23.4 Å². The highest BCUT2D eigenvalue weighted by atomic mass is 35.5. The molecule has 0 saturated carbocycles. The summed E-state index contributed by atoms with van der Waals surface area (Å²) in [6, 6.07) is 12.4. The number of pyridine rings is 1. The summed E-state index contributed by atoms with van der Waals surface area (Å²) in [4.78, 5) is 6.83. The smallest absolute Gasteiger partial charge is 0.0573 e. The summed E-state index contributed by atoms with van der Waals surface area (Å²) in [5.41, 5.74) is 1.09. The normalized spacial score (nSPS) is 12.4. The van der Waals surface area contributed by atoms with Gasteiger partial charge >= 0.3 is 0 Å². The summed E-state index contributed by atoms with van der Waals surface area (Å²) in [6.45, 7) is 2.15. The molecule has 19 heavy (non-hydrogen) atoms. The van der Waals surface area contributed by atoms with Crippen LogP contribution in [0, 0.1) is 0 Å². The van der Waals surface area contributed by atoms with Crippen molar-refractivity contribution in [2.24, 2.45) is 0 Å². The molecule has 2 aromatic rings. The van der Waals surface area contributed by atoms with Crippen LogP contribution in [0.5, 0.6) is 0 Å². The van der Waals surface area contributed by atoms with E-state index in [-0.39, 0.29) is 0 Å². The second kappa shape index (κ2) is 6.94. The first-order valence-electron chi connectivity index (χ1n) is 6.29. The van der Waals surface area contributed by atoms with Crippen LogP contribution in [0.3, 0.4) is 0 Å². The Morgan fingerprint density at radius 1 is 1.16 bits per heavy atom. The highest BCUT2D eigenvalue weighted by Crippen LogP contribution is 2.28. The standard InChI is InChI=1S/C15H17ClN2S/c1-3-14(17-2)15-9-8-13(10-18-15)19-12-6-4-11(16)5-7-12/h4-10,14,17H,3H2,1-2H3. The Morgan fingerprint density at radius 3 is 2.37 bits per heavy atom. The maximum absolute atomic E-state index is 5.87. The largest absolute Gasteiger partial charge is 0.312 e. The molecule has 0 aliphatic rings. The van der Waals surface area contributed by atoms with E-state index in [0.29, 0.717) is 6.04 Å². The first-order chi connectivity index (χ1) is 9.22. The van der Waals surface area contributed by atoms with Crippen LogP contribution in [-0.4, -0.2) is 12.0 Å². The quantitative estimate of drug-likeness (QED) is 0.874. The third kappa shape index (κ3) is 3.96. The molecule has 2 rings (SSSR count). The number of nitrogens with one attached hydrogen (secondary N) is 1. The zero-order chi connectivity index (χ0) is 13.7. The lowest BCUT2D eigenvalue weighted by atomic mass is 10.1. The molecule has 2 nitrogen and oxygen atoms in total. The lowest BCUT2D eigenvalue weighted by Gasteiger charge is -2.13. The molecular formula is C15H17ClN2S. The molecule has 0 spiro atoms. The summed E-state index contributed by atoms with van der Waals surface area (Å²) in [5, 5.41) is 4.02. The summed E-state index contributed by atoms with van der Waals surface area (Å²) in [7, 11) is 1.96. The van der Waals surface area contributed by atoms with Gasteiger partial charge in [-0.25, -0.2) is 0 Å². The van der Waals surface area contributed by atoms with Crippen LogP contribution in [0.2, 0.25) is 5.02 Å². The van der Waals surface area contributed by atoms with Crippen LogP contribution in [0.15, 0.2) is 52.4 Å². The predicted molar refractivity (Wildman–Crippen MR) is 81.9 cm³/mol. The second-order valence-corrected chi connectivity index (χ2v) is 5.81. The van der Waals surface area contributed by atoms with Crippen molar-refractivity contribution in [1.82, 2.24) is 10.3 Å². The highest BCUT2D eigenvalue weighted by Gasteiger charge is 2.07. The molecule has 0 fully saturated rings. The minimum atomic E-state index is 0.328. The number of halogens is 1. The van der Waals surface area contributed by atoms with Crippen LogP contribution < -0.4 is 5.32 Å². The molecule has 1 aromatic carbocycles.